The maximum atomic E-state index is 12.4. The molecule has 0 unspecified atom stereocenters. The fraction of sp³-hybridized carbons (Fsp3) is 0.333. The number of methoxy groups -OCH3 is 3. The van der Waals surface area contributed by atoms with Crippen molar-refractivity contribution in [2.45, 2.75) is 11.4 Å². The predicted octanol–water partition coefficient (Wildman–Crippen LogP) is 2.21. The molecule has 0 aliphatic rings. The van der Waals surface area contributed by atoms with Gasteiger partial charge in [0.2, 0.25) is 10.0 Å². The van der Waals surface area contributed by atoms with E-state index in [1.807, 2.05) is 0 Å². The number of hydrogen-bond donors (Lipinski definition) is 1. The van der Waals surface area contributed by atoms with Crippen molar-refractivity contribution in [3.05, 3.63) is 48.0 Å². The fourth-order valence-electron chi connectivity index (χ4n) is 2.21. The van der Waals surface area contributed by atoms with Crippen molar-refractivity contribution in [3.63, 3.8) is 0 Å². The first kappa shape index (κ1) is 20.0. The zero-order valence-electron chi connectivity index (χ0n) is 15.0. The van der Waals surface area contributed by atoms with E-state index in [0.29, 0.717) is 30.5 Å². The molecule has 0 saturated carbocycles. The van der Waals surface area contributed by atoms with Gasteiger partial charge >= 0.3 is 0 Å². The largest absolute Gasteiger partial charge is 0.493 e. The molecule has 1 N–H and O–H groups in total. The first-order valence-electron chi connectivity index (χ1n) is 7.92. The van der Waals surface area contributed by atoms with E-state index >= 15 is 0 Å². The van der Waals surface area contributed by atoms with Gasteiger partial charge in [-0.05, 0) is 42.0 Å². The minimum absolute atomic E-state index is 0.134. The second kappa shape index (κ2) is 9.42. The quantitative estimate of drug-likeness (QED) is 0.636. The molecule has 2 aromatic carbocycles. The lowest BCUT2D eigenvalue weighted by atomic mass is 10.2. The van der Waals surface area contributed by atoms with E-state index < -0.39 is 10.0 Å². The molecule has 0 bridgehead atoms. The van der Waals surface area contributed by atoms with E-state index in [4.69, 9.17) is 18.9 Å². The highest BCUT2D eigenvalue weighted by Crippen LogP contribution is 2.27. The minimum atomic E-state index is -3.64. The summed E-state index contributed by atoms with van der Waals surface area (Å²) < 4.78 is 48.1. The number of hydrogen-bond acceptors (Lipinski definition) is 6. The van der Waals surface area contributed by atoms with Crippen molar-refractivity contribution in [1.82, 2.24) is 4.72 Å². The van der Waals surface area contributed by atoms with Crippen LogP contribution in [0.2, 0.25) is 0 Å². The molecule has 2 aromatic rings. The second-order valence-corrected chi connectivity index (χ2v) is 7.09. The summed E-state index contributed by atoms with van der Waals surface area (Å²) in [6.07, 6.45) is 0. The molecule has 0 heterocycles. The van der Waals surface area contributed by atoms with E-state index in [9.17, 15) is 8.42 Å². The topological polar surface area (TPSA) is 83.1 Å². The first-order chi connectivity index (χ1) is 12.5. The van der Waals surface area contributed by atoms with Crippen molar-refractivity contribution in [3.8, 4) is 17.2 Å². The minimum Gasteiger partial charge on any atom is -0.493 e. The van der Waals surface area contributed by atoms with E-state index in [-0.39, 0.29) is 11.4 Å². The summed E-state index contributed by atoms with van der Waals surface area (Å²) in [4.78, 5) is 0.164. The summed E-state index contributed by atoms with van der Waals surface area (Å²) in [5.74, 6) is 1.71. The third-order valence-electron chi connectivity index (χ3n) is 3.60. The van der Waals surface area contributed by atoms with E-state index in [0.717, 1.165) is 5.56 Å². The van der Waals surface area contributed by atoms with Crippen molar-refractivity contribution >= 4 is 10.0 Å². The molecule has 2 rings (SSSR count). The summed E-state index contributed by atoms with van der Waals surface area (Å²) in [7, 11) is 1.02. The average Bonchev–Trinajstić information content (AvgIpc) is 2.67. The van der Waals surface area contributed by atoms with Gasteiger partial charge in [0.1, 0.15) is 12.4 Å². The van der Waals surface area contributed by atoms with Crippen LogP contribution in [0.15, 0.2) is 47.4 Å². The van der Waals surface area contributed by atoms with Crippen LogP contribution in [0.25, 0.3) is 0 Å². The Hall–Kier alpha value is -2.29. The molecule has 0 spiro atoms. The number of ether oxygens (including phenoxy) is 4. The van der Waals surface area contributed by atoms with Gasteiger partial charge in [0.05, 0.1) is 25.7 Å². The first-order valence-corrected chi connectivity index (χ1v) is 9.41. The monoisotopic (exact) mass is 381 g/mol. The van der Waals surface area contributed by atoms with Crippen LogP contribution in [0, 0.1) is 0 Å². The molecule has 0 amide bonds. The van der Waals surface area contributed by atoms with Gasteiger partial charge < -0.3 is 18.9 Å². The fourth-order valence-corrected chi connectivity index (χ4v) is 3.23. The van der Waals surface area contributed by atoms with Gasteiger partial charge in [0.25, 0.3) is 0 Å². The van der Waals surface area contributed by atoms with Crippen LogP contribution in [0.1, 0.15) is 5.56 Å². The molecule has 7 nitrogen and oxygen atoms in total. The highest BCUT2D eigenvalue weighted by atomic mass is 32.2. The number of rotatable bonds is 10. The van der Waals surface area contributed by atoms with E-state index in [2.05, 4.69) is 4.72 Å². The Morgan fingerprint density at radius 1 is 0.885 bits per heavy atom. The number of nitrogens with one attached hydrogen (secondary N) is 1. The Bertz CT molecular complexity index is 805. The smallest absolute Gasteiger partial charge is 0.240 e. The zero-order valence-corrected chi connectivity index (χ0v) is 15.8. The number of benzene rings is 2. The van der Waals surface area contributed by atoms with Crippen LogP contribution in [-0.2, 0) is 21.3 Å². The van der Waals surface area contributed by atoms with Crippen LogP contribution >= 0.6 is 0 Å². The Morgan fingerprint density at radius 2 is 1.58 bits per heavy atom. The van der Waals surface area contributed by atoms with Gasteiger partial charge in [-0.3, -0.25) is 0 Å². The molecule has 0 aliphatic carbocycles. The Labute approximate surface area is 153 Å². The van der Waals surface area contributed by atoms with Gasteiger partial charge in [-0.2, -0.15) is 0 Å². The third kappa shape index (κ3) is 5.35. The molecule has 0 aliphatic heterocycles. The summed E-state index contributed by atoms with van der Waals surface area (Å²) >= 11 is 0. The molecule has 0 saturated heterocycles. The summed E-state index contributed by atoms with van der Waals surface area (Å²) in [5.41, 5.74) is 0.755. The lowest BCUT2D eigenvalue weighted by molar-refractivity contribution is 0.146. The van der Waals surface area contributed by atoms with Crippen molar-refractivity contribution in [1.29, 1.82) is 0 Å². The molecular formula is C18H23NO6S. The molecule has 0 radical (unpaired) electrons. The van der Waals surface area contributed by atoms with Gasteiger partial charge in [-0.1, -0.05) is 6.07 Å². The molecule has 0 aromatic heterocycles. The van der Waals surface area contributed by atoms with Gasteiger partial charge in [-0.15, -0.1) is 0 Å². The van der Waals surface area contributed by atoms with Crippen LogP contribution in [0.4, 0.5) is 0 Å². The Morgan fingerprint density at radius 3 is 2.19 bits per heavy atom. The third-order valence-corrected chi connectivity index (χ3v) is 5.02. The lowest BCUT2D eigenvalue weighted by Crippen LogP contribution is -2.23. The summed E-state index contributed by atoms with van der Waals surface area (Å²) in [5, 5.41) is 0. The lowest BCUT2D eigenvalue weighted by Gasteiger charge is -2.11. The van der Waals surface area contributed by atoms with Gasteiger partial charge in [0, 0.05) is 13.7 Å². The Kier molecular flexibility index (Phi) is 7.26. The molecule has 8 heteroatoms. The molecule has 0 atom stereocenters. The standard InChI is InChI=1S/C18H23NO6S/c1-22-10-11-25-15-5-7-16(8-6-15)26(20,21)19-13-14-4-9-17(23-2)18(12-14)24-3/h4-9,12,19H,10-11,13H2,1-3H3. The highest BCUT2D eigenvalue weighted by Gasteiger charge is 2.14. The summed E-state index contributed by atoms with van der Waals surface area (Å²) in [6, 6.07) is 11.5. The van der Waals surface area contributed by atoms with Crippen LogP contribution in [0.5, 0.6) is 17.2 Å². The average molecular weight is 381 g/mol. The van der Waals surface area contributed by atoms with Crippen LogP contribution in [-0.4, -0.2) is 43.0 Å². The predicted molar refractivity (Wildman–Crippen MR) is 97.4 cm³/mol. The van der Waals surface area contributed by atoms with E-state index in [1.165, 1.54) is 19.2 Å². The number of sulfonamides is 1. The second-order valence-electron chi connectivity index (χ2n) is 5.33. The normalized spacial score (nSPS) is 11.2. The van der Waals surface area contributed by atoms with Gasteiger partial charge in [0.15, 0.2) is 11.5 Å². The Balaban J connectivity index is 2.02. The summed E-state index contributed by atoms with van der Waals surface area (Å²) in [6.45, 7) is 1.00. The van der Waals surface area contributed by atoms with Crippen LogP contribution < -0.4 is 18.9 Å². The maximum absolute atomic E-state index is 12.4. The molecular weight excluding hydrogens is 358 g/mol. The highest BCUT2D eigenvalue weighted by molar-refractivity contribution is 7.89. The SMILES string of the molecule is COCCOc1ccc(S(=O)(=O)NCc2ccc(OC)c(OC)c2)cc1. The van der Waals surface area contributed by atoms with Crippen molar-refractivity contribution in [2.24, 2.45) is 0 Å². The van der Waals surface area contributed by atoms with Gasteiger partial charge in [-0.25, -0.2) is 13.1 Å². The molecule has 142 valence electrons. The molecule has 0 fully saturated rings. The van der Waals surface area contributed by atoms with Crippen molar-refractivity contribution < 1.29 is 27.4 Å². The maximum Gasteiger partial charge on any atom is 0.240 e. The molecule has 26 heavy (non-hydrogen) atoms. The van der Waals surface area contributed by atoms with E-state index in [1.54, 1.807) is 44.6 Å². The zero-order chi connectivity index (χ0) is 19.0. The van der Waals surface area contributed by atoms with Crippen LogP contribution in [0.3, 0.4) is 0 Å². The van der Waals surface area contributed by atoms with Crippen molar-refractivity contribution in [2.75, 3.05) is 34.5 Å².